The predicted octanol–water partition coefficient (Wildman–Crippen LogP) is 3.63. The van der Waals surface area contributed by atoms with Gasteiger partial charge in [-0.2, -0.15) is 5.26 Å². The smallest absolute Gasteiger partial charge is 0.248 e. The molecule has 0 saturated carbocycles. The van der Waals surface area contributed by atoms with E-state index in [-0.39, 0.29) is 10.7 Å². The third-order valence-electron chi connectivity index (χ3n) is 3.84. The third kappa shape index (κ3) is 3.58. The van der Waals surface area contributed by atoms with E-state index in [0.717, 1.165) is 5.56 Å². The summed E-state index contributed by atoms with van der Waals surface area (Å²) in [6, 6.07) is 13.0. The number of aromatic amines is 1. The number of carbonyl (C=O) groups excluding carboxylic acids is 1. The lowest BCUT2D eigenvalue weighted by molar-refractivity contribution is 0.0999. The molecule has 0 saturated heterocycles. The molecule has 7 heteroatoms. The first kappa shape index (κ1) is 17.6. The van der Waals surface area contributed by atoms with Gasteiger partial charge in [-0.05, 0) is 30.2 Å². The number of halogens is 2. The Kier molecular flexibility index (Phi) is 5.01. The fourth-order valence-corrected chi connectivity index (χ4v) is 2.80. The van der Waals surface area contributed by atoms with Gasteiger partial charge in [-0.1, -0.05) is 35.9 Å². The number of imidazole rings is 1. The van der Waals surface area contributed by atoms with Crippen LogP contribution in [0.1, 0.15) is 27.3 Å². The summed E-state index contributed by atoms with van der Waals surface area (Å²) in [5.74, 6) is -0.653. The first-order valence-electron chi connectivity index (χ1n) is 7.66. The van der Waals surface area contributed by atoms with Crippen LogP contribution < -0.4 is 5.73 Å². The van der Waals surface area contributed by atoms with Crippen molar-refractivity contribution < 1.29 is 9.18 Å². The molecule has 2 aromatic carbocycles. The Bertz CT molecular complexity index is 1020. The lowest BCUT2D eigenvalue weighted by atomic mass is 10.0. The number of rotatable bonds is 5. The van der Waals surface area contributed by atoms with Crippen LogP contribution in [0.3, 0.4) is 0 Å². The van der Waals surface area contributed by atoms with E-state index in [1.807, 2.05) is 6.07 Å². The van der Waals surface area contributed by atoms with Gasteiger partial charge in [0, 0.05) is 17.5 Å². The SMILES string of the molecule is N#Cc1ccc(-c2nc([CH]Cc3ccccc3C(N)=O)[nH]c2Cl)cc1F. The van der Waals surface area contributed by atoms with Crippen molar-refractivity contribution in [2.24, 2.45) is 5.73 Å². The molecule has 0 spiro atoms. The number of hydrogen-bond acceptors (Lipinski definition) is 3. The molecule has 5 nitrogen and oxygen atoms in total. The van der Waals surface area contributed by atoms with E-state index in [0.29, 0.717) is 29.1 Å². The Labute approximate surface area is 154 Å². The zero-order valence-corrected chi connectivity index (χ0v) is 14.2. The van der Waals surface area contributed by atoms with Gasteiger partial charge in [-0.15, -0.1) is 0 Å². The number of nitrogens with one attached hydrogen (secondary N) is 1. The van der Waals surface area contributed by atoms with Crippen molar-refractivity contribution in [3.63, 3.8) is 0 Å². The molecule has 3 rings (SSSR count). The molecule has 0 atom stereocenters. The molecule has 0 aliphatic carbocycles. The molecule has 1 aromatic heterocycles. The summed E-state index contributed by atoms with van der Waals surface area (Å²) in [5, 5.41) is 9.06. The zero-order valence-electron chi connectivity index (χ0n) is 13.5. The summed E-state index contributed by atoms with van der Waals surface area (Å²) < 4.78 is 13.8. The minimum atomic E-state index is -0.634. The van der Waals surface area contributed by atoms with Gasteiger partial charge in [0.25, 0.3) is 0 Å². The first-order chi connectivity index (χ1) is 12.5. The second kappa shape index (κ2) is 7.38. The Balaban J connectivity index is 1.82. The van der Waals surface area contributed by atoms with E-state index in [2.05, 4.69) is 9.97 Å². The summed E-state index contributed by atoms with van der Waals surface area (Å²) in [6.07, 6.45) is 2.18. The normalized spacial score (nSPS) is 10.5. The minimum Gasteiger partial charge on any atom is -0.366 e. The maximum absolute atomic E-state index is 13.8. The van der Waals surface area contributed by atoms with Crippen LogP contribution in [0.5, 0.6) is 0 Å². The topological polar surface area (TPSA) is 95.6 Å². The molecule has 0 bridgehead atoms. The Morgan fingerprint density at radius 3 is 2.81 bits per heavy atom. The lowest BCUT2D eigenvalue weighted by Crippen LogP contribution is -2.13. The molecule has 1 radical (unpaired) electrons. The van der Waals surface area contributed by atoms with Crippen molar-refractivity contribution in [3.05, 3.63) is 82.4 Å². The molecule has 26 heavy (non-hydrogen) atoms. The Hall–Kier alpha value is -3.17. The van der Waals surface area contributed by atoms with Gasteiger partial charge in [0.2, 0.25) is 5.91 Å². The van der Waals surface area contributed by atoms with Crippen molar-refractivity contribution in [2.75, 3.05) is 0 Å². The van der Waals surface area contributed by atoms with E-state index < -0.39 is 11.7 Å². The van der Waals surface area contributed by atoms with Gasteiger partial charge in [0.1, 0.15) is 28.6 Å². The van der Waals surface area contributed by atoms with Gasteiger partial charge in [0.05, 0.1) is 5.56 Å². The van der Waals surface area contributed by atoms with Gasteiger partial charge < -0.3 is 10.7 Å². The Morgan fingerprint density at radius 2 is 2.12 bits per heavy atom. The van der Waals surface area contributed by atoms with Crippen LogP contribution in [-0.4, -0.2) is 15.9 Å². The molecule has 0 aliphatic heterocycles. The van der Waals surface area contributed by atoms with Crippen LogP contribution >= 0.6 is 11.6 Å². The van der Waals surface area contributed by atoms with Crippen molar-refractivity contribution in [1.29, 1.82) is 5.26 Å². The van der Waals surface area contributed by atoms with Crippen LogP contribution in [0.25, 0.3) is 11.3 Å². The standard InChI is InChI=1S/C19H13ClFN4O/c20-18-17(12-5-6-13(10-22)15(21)9-12)24-16(25-18)8-7-11-3-1-2-4-14(11)19(23)26/h1-6,8-9H,7H2,(H2,23,26)(H,24,25). The number of nitrogens with two attached hydrogens (primary N) is 1. The fourth-order valence-electron chi connectivity index (χ4n) is 2.56. The number of carbonyl (C=O) groups is 1. The maximum Gasteiger partial charge on any atom is 0.248 e. The van der Waals surface area contributed by atoms with E-state index in [9.17, 15) is 9.18 Å². The van der Waals surface area contributed by atoms with E-state index >= 15 is 0 Å². The molecule has 1 heterocycles. The number of H-pyrrole nitrogens is 1. The van der Waals surface area contributed by atoms with Crippen LogP contribution in [0, 0.1) is 23.6 Å². The van der Waals surface area contributed by atoms with E-state index in [1.54, 1.807) is 36.8 Å². The average molecular weight is 368 g/mol. The van der Waals surface area contributed by atoms with Crippen molar-refractivity contribution >= 4 is 17.5 Å². The lowest BCUT2D eigenvalue weighted by Gasteiger charge is -2.04. The predicted molar refractivity (Wildman–Crippen MR) is 95.8 cm³/mol. The molecule has 0 unspecified atom stereocenters. The van der Waals surface area contributed by atoms with Crippen LogP contribution in [0.2, 0.25) is 5.15 Å². The summed E-state index contributed by atoms with van der Waals surface area (Å²) in [7, 11) is 0. The highest BCUT2D eigenvalue weighted by Gasteiger charge is 2.14. The molecule has 0 aliphatic rings. The first-order valence-corrected chi connectivity index (χ1v) is 8.04. The number of nitrogens with zero attached hydrogens (tertiary/aromatic N) is 2. The monoisotopic (exact) mass is 367 g/mol. The molecule has 3 N–H and O–H groups in total. The largest absolute Gasteiger partial charge is 0.366 e. The van der Waals surface area contributed by atoms with Gasteiger partial charge >= 0.3 is 0 Å². The average Bonchev–Trinajstić information content (AvgIpc) is 3.00. The summed E-state index contributed by atoms with van der Waals surface area (Å²) >= 11 is 6.17. The minimum absolute atomic E-state index is 0.0461. The highest BCUT2D eigenvalue weighted by atomic mass is 35.5. The van der Waals surface area contributed by atoms with Crippen molar-refractivity contribution in [2.45, 2.75) is 6.42 Å². The van der Waals surface area contributed by atoms with Crippen LogP contribution in [0.15, 0.2) is 42.5 Å². The zero-order chi connectivity index (χ0) is 18.7. The summed E-state index contributed by atoms with van der Waals surface area (Å²) in [5.41, 5.74) is 7.36. The molecule has 1 amide bonds. The third-order valence-corrected chi connectivity index (χ3v) is 4.11. The van der Waals surface area contributed by atoms with Gasteiger partial charge in [-0.3, -0.25) is 4.79 Å². The number of benzene rings is 2. The number of amides is 1. The number of aromatic nitrogens is 2. The van der Waals surface area contributed by atoms with Gasteiger partial charge in [0.15, 0.2) is 0 Å². The highest BCUT2D eigenvalue weighted by molar-refractivity contribution is 6.31. The quantitative estimate of drug-likeness (QED) is 0.720. The summed E-state index contributed by atoms with van der Waals surface area (Å²) in [4.78, 5) is 18.7. The van der Waals surface area contributed by atoms with Gasteiger partial charge in [-0.25, -0.2) is 9.37 Å². The molecule has 0 fully saturated rings. The number of primary amides is 1. The molecule has 3 aromatic rings. The van der Waals surface area contributed by atoms with Crippen LogP contribution in [-0.2, 0) is 6.42 Å². The van der Waals surface area contributed by atoms with Crippen LogP contribution in [0.4, 0.5) is 4.39 Å². The molecular formula is C19H13ClFN4O. The molecule has 129 valence electrons. The second-order valence-corrected chi connectivity index (χ2v) is 5.90. The highest BCUT2D eigenvalue weighted by Crippen LogP contribution is 2.27. The van der Waals surface area contributed by atoms with Crippen molar-refractivity contribution in [1.82, 2.24) is 9.97 Å². The van der Waals surface area contributed by atoms with E-state index in [4.69, 9.17) is 22.6 Å². The fraction of sp³-hybridized carbons (Fsp3) is 0.0526. The van der Waals surface area contributed by atoms with E-state index in [1.165, 1.54) is 12.1 Å². The number of nitriles is 1. The summed E-state index contributed by atoms with van der Waals surface area (Å²) in [6.45, 7) is 0. The molecular weight excluding hydrogens is 355 g/mol. The second-order valence-electron chi connectivity index (χ2n) is 5.52. The van der Waals surface area contributed by atoms with Crippen molar-refractivity contribution in [3.8, 4) is 17.3 Å². The maximum atomic E-state index is 13.8. The Morgan fingerprint density at radius 1 is 1.35 bits per heavy atom. The number of hydrogen-bond donors (Lipinski definition) is 2.